The lowest BCUT2D eigenvalue weighted by Gasteiger charge is -2.09. The van der Waals surface area contributed by atoms with Crippen molar-refractivity contribution in [3.8, 4) is 11.8 Å². The highest BCUT2D eigenvalue weighted by molar-refractivity contribution is 5.25. The van der Waals surface area contributed by atoms with Gasteiger partial charge < -0.3 is 5.32 Å². The van der Waals surface area contributed by atoms with Crippen molar-refractivity contribution >= 4 is 0 Å². The molecule has 17 heavy (non-hydrogen) atoms. The second-order valence-electron chi connectivity index (χ2n) is 3.55. The van der Waals surface area contributed by atoms with Crippen molar-refractivity contribution in [2.24, 2.45) is 0 Å². The van der Waals surface area contributed by atoms with E-state index in [1.807, 2.05) is 0 Å². The van der Waals surface area contributed by atoms with Crippen molar-refractivity contribution in [1.82, 2.24) is 5.32 Å². The molecular formula is C13H14F3N. The largest absolute Gasteiger partial charge is 0.416 e. The topological polar surface area (TPSA) is 12.0 Å². The van der Waals surface area contributed by atoms with Gasteiger partial charge in [0.05, 0.1) is 5.56 Å². The summed E-state index contributed by atoms with van der Waals surface area (Å²) in [4.78, 5) is 0. The van der Waals surface area contributed by atoms with Gasteiger partial charge >= 0.3 is 6.18 Å². The summed E-state index contributed by atoms with van der Waals surface area (Å²) >= 11 is 0. The average Bonchev–Trinajstić information content (AvgIpc) is 2.28. The standard InChI is InChI=1S/C13H14F3N/c1-2-3-4-8-17-10-11-6-5-7-12(9-11)13(14,15)16/h5-7,9,17H,4,8,10H2,1H3. The fraction of sp³-hybridized carbons (Fsp3) is 0.385. The zero-order valence-corrected chi connectivity index (χ0v) is 9.56. The number of nitrogens with one attached hydrogen (secondary N) is 1. The SMILES string of the molecule is CC#CCCNCc1cccc(C(F)(F)F)c1. The van der Waals surface area contributed by atoms with E-state index in [0.717, 1.165) is 6.07 Å². The third kappa shape index (κ3) is 4.92. The van der Waals surface area contributed by atoms with Crippen molar-refractivity contribution < 1.29 is 13.2 Å². The fourth-order valence-corrected chi connectivity index (χ4v) is 1.37. The van der Waals surface area contributed by atoms with Crippen LogP contribution in [-0.2, 0) is 12.7 Å². The molecular weight excluding hydrogens is 227 g/mol. The van der Waals surface area contributed by atoms with Crippen LogP contribution in [0.2, 0.25) is 0 Å². The number of alkyl halides is 3. The molecule has 0 aliphatic rings. The maximum absolute atomic E-state index is 12.4. The molecule has 0 saturated heterocycles. The van der Waals surface area contributed by atoms with E-state index in [9.17, 15) is 13.2 Å². The van der Waals surface area contributed by atoms with Crippen molar-refractivity contribution in [2.75, 3.05) is 6.54 Å². The van der Waals surface area contributed by atoms with E-state index in [4.69, 9.17) is 0 Å². The molecule has 1 nitrogen and oxygen atoms in total. The van der Waals surface area contributed by atoms with Crippen LogP contribution in [0.15, 0.2) is 24.3 Å². The highest BCUT2D eigenvalue weighted by Crippen LogP contribution is 2.29. The number of hydrogen-bond acceptors (Lipinski definition) is 1. The average molecular weight is 241 g/mol. The Morgan fingerprint density at radius 2 is 2.06 bits per heavy atom. The molecule has 0 saturated carbocycles. The van der Waals surface area contributed by atoms with Crippen LogP contribution in [0.5, 0.6) is 0 Å². The van der Waals surface area contributed by atoms with Gasteiger partial charge in [-0.25, -0.2) is 0 Å². The number of halogens is 3. The Balaban J connectivity index is 2.51. The molecule has 0 heterocycles. The molecule has 92 valence electrons. The van der Waals surface area contributed by atoms with Gasteiger partial charge in [-0.05, 0) is 18.6 Å². The van der Waals surface area contributed by atoms with Crippen LogP contribution in [0.25, 0.3) is 0 Å². The molecule has 0 radical (unpaired) electrons. The molecule has 1 aromatic carbocycles. The first kappa shape index (κ1) is 13.6. The first-order valence-electron chi connectivity index (χ1n) is 5.30. The molecule has 0 spiro atoms. The van der Waals surface area contributed by atoms with Gasteiger partial charge in [-0.2, -0.15) is 13.2 Å². The molecule has 1 aromatic rings. The predicted octanol–water partition coefficient (Wildman–Crippen LogP) is 3.21. The Hall–Kier alpha value is -1.47. The minimum atomic E-state index is -4.27. The fourth-order valence-electron chi connectivity index (χ4n) is 1.37. The van der Waals surface area contributed by atoms with E-state index in [-0.39, 0.29) is 0 Å². The molecule has 0 amide bonds. The lowest BCUT2D eigenvalue weighted by Crippen LogP contribution is -2.15. The maximum atomic E-state index is 12.4. The lowest BCUT2D eigenvalue weighted by molar-refractivity contribution is -0.137. The first-order valence-corrected chi connectivity index (χ1v) is 5.30. The summed E-state index contributed by atoms with van der Waals surface area (Å²) in [6.45, 7) is 2.86. The van der Waals surface area contributed by atoms with E-state index < -0.39 is 11.7 Å². The highest BCUT2D eigenvalue weighted by Gasteiger charge is 2.30. The summed E-state index contributed by atoms with van der Waals surface area (Å²) in [5.74, 6) is 5.63. The smallest absolute Gasteiger partial charge is 0.312 e. The predicted molar refractivity (Wildman–Crippen MR) is 61.2 cm³/mol. The van der Waals surface area contributed by atoms with E-state index >= 15 is 0 Å². The summed E-state index contributed by atoms with van der Waals surface area (Å²) in [5, 5.41) is 3.05. The van der Waals surface area contributed by atoms with Gasteiger partial charge in [-0.1, -0.05) is 18.2 Å². The third-order valence-corrected chi connectivity index (χ3v) is 2.19. The molecule has 0 unspecified atom stereocenters. The summed E-state index contributed by atoms with van der Waals surface area (Å²) < 4.78 is 37.3. The molecule has 0 aliphatic carbocycles. The second kappa shape index (κ2) is 6.31. The monoisotopic (exact) mass is 241 g/mol. The number of benzene rings is 1. The summed E-state index contributed by atoms with van der Waals surface area (Å²) in [7, 11) is 0. The van der Waals surface area contributed by atoms with E-state index in [0.29, 0.717) is 25.1 Å². The molecule has 0 aromatic heterocycles. The van der Waals surface area contributed by atoms with Crippen molar-refractivity contribution in [1.29, 1.82) is 0 Å². The minimum Gasteiger partial charge on any atom is -0.312 e. The van der Waals surface area contributed by atoms with Crippen LogP contribution in [-0.4, -0.2) is 6.54 Å². The summed E-state index contributed by atoms with van der Waals surface area (Å²) in [5.41, 5.74) is 0.0226. The van der Waals surface area contributed by atoms with Crippen molar-refractivity contribution in [3.63, 3.8) is 0 Å². The van der Waals surface area contributed by atoms with Crippen LogP contribution in [0.3, 0.4) is 0 Å². The van der Waals surface area contributed by atoms with Gasteiger partial charge in [-0.15, -0.1) is 11.8 Å². The van der Waals surface area contributed by atoms with E-state index in [2.05, 4.69) is 17.2 Å². The van der Waals surface area contributed by atoms with Crippen LogP contribution in [0.4, 0.5) is 13.2 Å². The molecule has 0 fully saturated rings. The Labute approximate surface area is 99.0 Å². The third-order valence-electron chi connectivity index (χ3n) is 2.19. The molecule has 0 atom stereocenters. The normalized spacial score (nSPS) is 10.8. The van der Waals surface area contributed by atoms with E-state index in [1.165, 1.54) is 12.1 Å². The van der Waals surface area contributed by atoms with Crippen LogP contribution >= 0.6 is 0 Å². The molecule has 1 N–H and O–H groups in total. The van der Waals surface area contributed by atoms with E-state index in [1.54, 1.807) is 13.0 Å². The zero-order chi connectivity index (χ0) is 12.7. The summed E-state index contributed by atoms with van der Waals surface area (Å²) in [6, 6.07) is 5.34. The Morgan fingerprint density at radius 1 is 1.29 bits per heavy atom. The maximum Gasteiger partial charge on any atom is 0.416 e. The molecule has 1 rings (SSSR count). The van der Waals surface area contributed by atoms with Gasteiger partial charge in [0.15, 0.2) is 0 Å². The van der Waals surface area contributed by atoms with Gasteiger partial charge in [0.2, 0.25) is 0 Å². The van der Waals surface area contributed by atoms with Crippen LogP contribution < -0.4 is 5.32 Å². The van der Waals surface area contributed by atoms with Crippen LogP contribution in [0, 0.1) is 11.8 Å². The van der Waals surface area contributed by atoms with Gasteiger partial charge in [0.25, 0.3) is 0 Å². The lowest BCUT2D eigenvalue weighted by atomic mass is 10.1. The van der Waals surface area contributed by atoms with Gasteiger partial charge in [0, 0.05) is 19.5 Å². The van der Waals surface area contributed by atoms with Crippen molar-refractivity contribution in [2.45, 2.75) is 26.1 Å². The first-order chi connectivity index (χ1) is 8.04. The van der Waals surface area contributed by atoms with Gasteiger partial charge in [0.1, 0.15) is 0 Å². The second-order valence-corrected chi connectivity index (χ2v) is 3.55. The quantitative estimate of drug-likeness (QED) is 0.630. The summed E-state index contributed by atoms with van der Waals surface area (Å²) in [6.07, 6.45) is -3.57. The highest BCUT2D eigenvalue weighted by atomic mass is 19.4. The Morgan fingerprint density at radius 3 is 2.71 bits per heavy atom. The minimum absolute atomic E-state index is 0.426. The number of hydrogen-bond donors (Lipinski definition) is 1. The Kier molecular flexibility index (Phi) is 5.05. The number of rotatable bonds is 4. The molecule has 0 bridgehead atoms. The van der Waals surface area contributed by atoms with Crippen LogP contribution in [0.1, 0.15) is 24.5 Å². The zero-order valence-electron chi connectivity index (χ0n) is 9.56. The Bertz CT molecular complexity index is 413. The van der Waals surface area contributed by atoms with Crippen molar-refractivity contribution in [3.05, 3.63) is 35.4 Å². The van der Waals surface area contributed by atoms with Gasteiger partial charge in [-0.3, -0.25) is 0 Å². The molecule has 0 aliphatic heterocycles. The molecule has 4 heteroatoms.